The first kappa shape index (κ1) is 19.0. The Hall–Kier alpha value is -2.00. The molecule has 0 saturated heterocycles. The van der Waals surface area contributed by atoms with Crippen molar-refractivity contribution < 1.29 is 27.5 Å². The predicted octanol–water partition coefficient (Wildman–Crippen LogP) is 1.06. The van der Waals surface area contributed by atoms with E-state index in [1.54, 1.807) is 13.8 Å². The fourth-order valence-electron chi connectivity index (χ4n) is 1.89. The van der Waals surface area contributed by atoms with Gasteiger partial charge in [-0.25, -0.2) is 12.8 Å². The van der Waals surface area contributed by atoms with Crippen molar-refractivity contribution in [2.75, 3.05) is 13.1 Å². The number of aliphatic carboxylic acids is 1. The molecule has 0 aliphatic rings. The number of carboxylic acids is 1. The molecule has 0 spiro atoms. The highest BCUT2D eigenvalue weighted by molar-refractivity contribution is 7.89. The summed E-state index contributed by atoms with van der Waals surface area (Å²) in [5.74, 6) is -3.21. The van der Waals surface area contributed by atoms with Crippen molar-refractivity contribution in [2.45, 2.75) is 31.7 Å². The monoisotopic (exact) mass is 346 g/mol. The van der Waals surface area contributed by atoms with Crippen LogP contribution in [-0.2, 0) is 14.8 Å². The number of sulfonamides is 1. The van der Waals surface area contributed by atoms with Crippen molar-refractivity contribution in [3.63, 3.8) is 0 Å². The molecule has 1 aromatic carbocycles. The molecule has 0 aliphatic carbocycles. The summed E-state index contributed by atoms with van der Waals surface area (Å²) in [6.07, 6.45) is 0. The number of hydrogen-bond donors (Lipinski definition) is 2. The summed E-state index contributed by atoms with van der Waals surface area (Å²) in [6.45, 7) is 5.00. The lowest BCUT2D eigenvalue weighted by atomic mass is 10.2. The van der Waals surface area contributed by atoms with Crippen molar-refractivity contribution in [1.82, 2.24) is 9.62 Å². The SMILES string of the molecule is CCN(CC)S(=O)(=O)c1ccc(F)c(C(=O)N[C@H](C)C(=O)O)c1. The predicted molar refractivity (Wildman–Crippen MR) is 81.1 cm³/mol. The second-order valence-electron chi connectivity index (χ2n) is 4.76. The Labute approximate surface area is 134 Å². The number of carbonyl (C=O) groups is 2. The van der Waals surface area contributed by atoms with E-state index in [4.69, 9.17) is 5.11 Å². The molecule has 1 aromatic rings. The number of halogens is 1. The Kier molecular flexibility index (Phi) is 6.22. The Morgan fingerprint density at radius 2 is 1.87 bits per heavy atom. The first-order valence-electron chi connectivity index (χ1n) is 6.98. The zero-order valence-electron chi connectivity index (χ0n) is 13.0. The van der Waals surface area contributed by atoms with Gasteiger partial charge >= 0.3 is 5.97 Å². The molecule has 1 atom stereocenters. The average Bonchev–Trinajstić information content (AvgIpc) is 2.48. The fraction of sp³-hybridized carbons (Fsp3) is 0.429. The van der Waals surface area contributed by atoms with E-state index in [1.165, 1.54) is 11.2 Å². The normalized spacial score (nSPS) is 12.9. The number of benzene rings is 1. The first-order valence-corrected chi connectivity index (χ1v) is 8.42. The summed E-state index contributed by atoms with van der Waals surface area (Å²) < 4.78 is 39.8. The van der Waals surface area contributed by atoms with Gasteiger partial charge in [-0.3, -0.25) is 9.59 Å². The van der Waals surface area contributed by atoms with E-state index < -0.39 is 39.3 Å². The van der Waals surface area contributed by atoms with Crippen LogP contribution in [0.3, 0.4) is 0 Å². The van der Waals surface area contributed by atoms with Crippen LogP contribution in [0.15, 0.2) is 23.1 Å². The van der Waals surface area contributed by atoms with Crippen LogP contribution in [0.1, 0.15) is 31.1 Å². The van der Waals surface area contributed by atoms with Gasteiger partial charge in [-0.05, 0) is 25.1 Å². The second kappa shape index (κ2) is 7.51. The van der Waals surface area contributed by atoms with E-state index in [1.807, 2.05) is 0 Å². The Bertz CT molecular complexity index is 701. The van der Waals surface area contributed by atoms with Gasteiger partial charge in [0.15, 0.2) is 0 Å². The highest BCUT2D eigenvalue weighted by Gasteiger charge is 2.25. The number of hydrogen-bond acceptors (Lipinski definition) is 4. The molecule has 1 amide bonds. The molecule has 0 heterocycles. The van der Waals surface area contributed by atoms with E-state index in [2.05, 4.69) is 5.32 Å². The number of nitrogens with zero attached hydrogens (tertiary/aromatic N) is 1. The third-order valence-corrected chi connectivity index (χ3v) is 5.29. The minimum atomic E-state index is -3.85. The van der Waals surface area contributed by atoms with Gasteiger partial charge in [0.1, 0.15) is 11.9 Å². The maximum atomic E-state index is 13.8. The molecule has 0 fully saturated rings. The maximum Gasteiger partial charge on any atom is 0.325 e. The lowest BCUT2D eigenvalue weighted by Crippen LogP contribution is -2.38. The molecule has 1 rings (SSSR count). The lowest BCUT2D eigenvalue weighted by molar-refractivity contribution is -0.138. The highest BCUT2D eigenvalue weighted by atomic mass is 32.2. The first-order chi connectivity index (χ1) is 10.6. The third kappa shape index (κ3) is 4.26. The molecule has 7 nitrogen and oxygen atoms in total. The van der Waals surface area contributed by atoms with Crippen LogP contribution in [0.4, 0.5) is 4.39 Å². The molecule has 128 valence electrons. The summed E-state index contributed by atoms with van der Waals surface area (Å²) in [5.41, 5.74) is -0.522. The van der Waals surface area contributed by atoms with Crippen molar-refractivity contribution in [3.8, 4) is 0 Å². The van der Waals surface area contributed by atoms with Crippen LogP contribution >= 0.6 is 0 Å². The second-order valence-corrected chi connectivity index (χ2v) is 6.70. The van der Waals surface area contributed by atoms with Crippen molar-refractivity contribution >= 4 is 21.9 Å². The quantitative estimate of drug-likeness (QED) is 0.768. The Morgan fingerprint density at radius 1 is 1.30 bits per heavy atom. The number of carbonyl (C=O) groups excluding carboxylic acids is 1. The average molecular weight is 346 g/mol. The molecule has 2 N–H and O–H groups in total. The molecule has 9 heteroatoms. The summed E-state index contributed by atoms with van der Waals surface area (Å²) in [6, 6.07) is 1.62. The lowest BCUT2D eigenvalue weighted by Gasteiger charge is -2.19. The minimum Gasteiger partial charge on any atom is -0.480 e. The summed E-state index contributed by atoms with van der Waals surface area (Å²) >= 11 is 0. The summed E-state index contributed by atoms with van der Waals surface area (Å²) in [4.78, 5) is 22.5. The number of rotatable bonds is 7. The van der Waals surface area contributed by atoms with Gasteiger partial charge < -0.3 is 10.4 Å². The van der Waals surface area contributed by atoms with Crippen LogP contribution in [0.5, 0.6) is 0 Å². The Morgan fingerprint density at radius 3 is 2.35 bits per heavy atom. The van der Waals surface area contributed by atoms with E-state index >= 15 is 0 Å². The van der Waals surface area contributed by atoms with Gasteiger partial charge in [0.2, 0.25) is 10.0 Å². The van der Waals surface area contributed by atoms with Gasteiger partial charge in [0.05, 0.1) is 10.5 Å². The van der Waals surface area contributed by atoms with Crippen LogP contribution in [0, 0.1) is 5.82 Å². The van der Waals surface area contributed by atoms with Crippen molar-refractivity contribution in [3.05, 3.63) is 29.6 Å². The smallest absolute Gasteiger partial charge is 0.325 e. The number of carboxylic acid groups (broad SMARTS) is 1. The molecule has 0 bridgehead atoms. The van der Waals surface area contributed by atoms with Gasteiger partial charge in [0, 0.05) is 13.1 Å². The minimum absolute atomic E-state index is 0.226. The zero-order valence-corrected chi connectivity index (χ0v) is 13.9. The molecule has 0 radical (unpaired) electrons. The van der Waals surface area contributed by atoms with Crippen molar-refractivity contribution in [1.29, 1.82) is 0 Å². The fourth-order valence-corrected chi connectivity index (χ4v) is 3.37. The van der Waals surface area contributed by atoms with E-state index in [0.717, 1.165) is 18.2 Å². The summed E-state index contributed by atoms with van der Waals surface area (Å²) in [7, 11) is -3.85. The molecule has 0 saturated carbocycles. The standard InChI is InChI=1S/C14H19FN2O5S/c1-4-17(5-2)23(21,22)10-6-7-12(15)11(8-10)13(18)16-9(3)14(19)20/h6-9H,4-5H2,1-3H3,(H,16,18)(H,19,20)/t9-/m1/s1. The van der Waals surface area contributed by atoms with Crippen LogP contribution in [0.25, 0.3) is 0 Å². The Balaban J connectivity index is 3.23. The van der Waals surface area contributed by atoms with E-state index in [0.29, 0.717) is 0 Å². The molecule has 23 heavy (non-hydrogen) atoms. The highest BCUT2D eigenvalue weighted by Crippen LogP contribution is 2.19. The van der Waals surface area contributed by atoms with Gasteiger partial charge in [-0.2, -0.15) is 4.31 Å². The zero-order chi connectivity index (χ0) is 17.8. The number of nitrogens with one attached hydrogen (secondary N) is 1. The van der Waals surface area contributed by atoms with E-state index in [9.17, 15) is 22.4 Å². The van der Waals surface area contributed by atoms with Crippen LogP contribution in [0.2, 0.25) is 0 Å². The van der Waals surface area contributed by atoms with Gasteiger partial charge in [0.25, 0.3) is 5.91 Å². The molecule has 0 aliphatic heterocycles. The van der Waals surface area contributed by atoms with E-state index in [-0.39, 0.29) is 18.0 Å². The van der Waals surface area contributed by atoms with Crippen molar-refractivity contribution in [2.24, 2.45) is 0 Å². The van der Waals surface area contributed by atoms with Gasteiger partial charge in [-0.15, -0.1) is 0 Å². The van der Waals surface area contributed by atoms with Crippen LogP contribution < -0.4 is 5.32 Å². The number of amides is 1. The molecule has 0 unspecified atom stereocenters. The topological polar surface area (TPSA) is 104 Å². The third-order valence-electron chi connectivity index (χ3n) is 3.24. The largest absolute Gasteiger partial charge is 0.480 e. The summed E-state index contributed by atoms with van der Waals surface area (Å²) in [5, 5.41) is 10.8. The van der Waals surface area contributed by atoms with Crippen LogP contribution in [-0.4, -0.2) is 48.8 Å². The van der Waals surface area contributed by atoms with Gasteiger partial charge in [-0.1, -0.05) is 13.8 Å². The molecular formula is C14H19FN2O5S. The molecule has 0 aromatic heterocycles. The molecular weight excluding hydrogens is 327 g/mol. The maximum absolute atomic E-state index is 13.8.